The average molecular weight is 270 g/mol. The summed E-state index contributed by atoms with van der Waals surface area (Å²) in [6, 6.07) is 10.7. The smallest absolute Gasteiger partial charge is 0.128 e. The summed E-state index contributed by atoms with van der Waals surface area (Å²) >= 11 is 0. The van der Waals surface area contributed by atoms with E-state index in [2.05, 4.69) is 48.4 Å². The van der Waals surface area contributed by atoms with E-state index in [4.69, 9.17) is 4.74 Å². The molecule has 1 N–H and O–H groups in total. The topological polar surface area (TPSA) is 34.1 Å². The lowest BCUT2D eigenvalue weighted by molar-refractivity contribution is 0.406. The van der Waals surface area contributed by atoms with Crippen LogP contribution < -0.4 is 10.1 Å². The molecule has 0 saturated carbocycles. The van der Waals surface area contributed by atoms with E-state index in [1.807, 2.05) is 19.2 Å². The number of benzene rings is 1. The number of hydrogen-bond donors (Lipinski definition) is 1. The van der Waals surface area contributed by atoms with Gasteiger partial charge in [0, 0.05) is 29.9 Å². The molecule has 106 valence electrons. The second kappa shape index (κ2) is 6.53. The molecule has 0 amide bonds. The molecule has 0 fully saturated rings. The molecular formula is C17H22N2O. The van der Waals surface area contributed by atoms with Crippen molar-refractivity contribution in [1.82, 2.24) is 10.3 Å². The van der Waals surface area contributed by atoms with E-state index >= 15 is 0 Å². The standard InChI is InChI=1S/C17H22N2O/c1-12-10-19-16(13(2)17(12)20-4)11-18-14(3)15-8-6-5-7-9-15/h5-10,14,18H,11H2,1-4H3/t14-/m1/s1. The van der Waals surface area contributed by atoms with Gasteiger partial charge in [0.1, 0.15) is 5.75 Å². The van der Waals surface area contributed by atoms with E-state index in [1.165, 1.54) is 5.56 Å². The van der Waals surface area contributed by atoms with Gasteiger partial charge in [-0.25, -0.2) is 0 Å². The van der Waals surface area contributed by atoms with Crippen LogP contribution in [0.25, 0.3) is 0 Å². The third-order valence-electron chi connectivity index (χ3n) is 3.63. The van der Waals surface area contributed by atoms with Crippen molar-refractivity contribution >= 4 is 0 Å². The summed E-state index contributed by atoms with van der Waals surface area (Å²) in [6.45, 7) is 6.97. The average Bonchev–Trinajstić information content (AvgIpc) is 2.47. The Morgan fingerprint density at radius 2 is 1.90 bits per heavy atom. The van der Waals surface area contributed by atoms with Crippen LogP contribution in [0.2, 0.25) is 0 Å². The Kier molecular flexibility index (Phi) is 4.74. The van der Waals surface area contributed by atoms with E-state index in [0.29, 0.717) is 6.04 Å². The summed E-state index contributed by atoms with van der Waals surface area (Å²) in [6.07, 6.45) is 1.87. The molecule has 0 spiro atoms. The van der Waals surface area contributed by atoms with Crippen molar-refractivity contribution in [2.45, 2.75) is 33.4 Å². The zero-order valence-electron chi connectivity index (χ0n) is 12.6. The van der Waals surface area contributed by atoms with Crippen LogP contribution in [0.3, 0.4) is 0 Å². The third-order valence-corrected chi connectivity index (χ3v) is 3.63. The van der Waals surface area contributed by atoms with Crippen molar-refractivity contribution in [2.75, 3.05) is 7.11 Å². The van der Waals surface area contributed by atoms with Crippen molar-refractivity contribution in [3.63, 3.8) is 0 Å². The Morgan fingerprint density at radius 1 is 1.20 bits per heavy atom. The summed E-state index contributed by atoms with van der Waals surface area (Å²) in [5, 5.41) is 3.51. The molecule has 2 rings (SSSR count). The lowest BCUT2D eigenvalue weighted by Gasteiger charge is -2.16. The number of hydrogen-bond acceptors (Lipinski definition) is 3. The predicted octanol–water partition coefficient (Wildman–Crippen LogP) is 3.56. The molecule has 3 nitrogen and oxygen atoms in total. The molecule has 1 aromatic carbocycles. The number of pyridine rings is 1. The number of aromatic nitrogens is 1. The second-order valence-corrected chi connectivity index (χ2v) is 5.06. The summed E-state index contributed by atoms with van der Waals surface area (Å²) in [5.41, 5.74) is 4.50. The zero-order chi connectivity index (χ0) is 14.5. The molecule has 3 heteroatoms. The van der Waals surface area contributed by atoms with Crippen molar-refractivity contribution in [3.05, 3.63) is 58.9 Å². The maximum absolute atomic E-state index is 5.44. The van der Waals surface area contributed by atoms with Crippen molar-refractivity contribution < 1.29 is 4.74 Å². The fourth-order valence-corrected chi connectivity index (χ4v) is 2.36. The third kappa shape index (κ3) is 3.17. The fraction of sp³-hybridized carbons (Fsp3) is 0.353. The lowest BCUT2D eigenvalue weighted by atomic mass is 10.1. The molecule has 0 aliphatic rings. The van der Waals surface area contributed by atoms with Gasteiger partial charge in [0.05, 0.1) is 12.8 Å². The highest BCUT2D eigenvalue weighted by atomic mass is 16.5. The molecule has 0 aliphatic heterocycles. The normalized spacial score (nSPS) is 12.2. The van der Waals surface area contributed by atoms with Gasteiger partial charge in [0.2, 0.25) is 0 Å². The number of aryl methyl sites for hydroxylation is 1. The van der Waals surface area contributed by atoms with Crippen LogP contribution in [0.5, 0.6) is 5.75 Å². The SMILES string of the molecule is COc1c(C)cnc(CN[C@H](C)c2ccccc2)c1C. The number of nitrogens with one attached hydrogen (secondary N) is 1. The van der Waals surface area contributed by atoms with Crippen LogP contribution in [0.1, 0.15) is 35.3 Å². The molecule has 0 radical (unpaired) electrons. The van der Waals surface area contributed by atoms with E-state index in [-0.39, 0.29) is 0 Å². The van der Waals surface area contributed by atoms with Crippen LogP contribution >= 0.6 is 0 Å². The van der Waals surface area contributed by atoms with Crippen LogP contribution in [-0.4, -0.2) is 12.1 Å². The van der Waals surface area contributed by atoms with E-state index in [0.717, 1.165) is 29.1 Å². The minimum Gasteiger partial charge on any atom is -0.496 e. The van der Waals surface area contributed by atoms with Crippen LogP contribution in [0.15, 0.2) is 36.5 Å². The van der Waals surface area contributed by atoms with Gasteiger partial charge in [-0.1, -0.05) is 30.3 Å². The first-order valence-corrected chi connectivity index (χ1v) is 6.91. The summed E-state index contributed by atoms with van der Waals surface area (Å²) in [7, 11) is 1.71. The van der Waals surface area contributed by atoms with Gasteiger partial charge in [-0.05, 0) is 26.3 Å². The molecule has 1 aromatic heterocycles. The van der Waals surface area contributed by atoms with Gasteiger partial charge in [-0.15, -0.1) is 0 Å². The maximum Gasteiger partial charge on any atom is 0.128 e. The first-order valence-electron chi connectivity index (χ1n) is 6.91. The van der Waals surface area contributed by atoms with Crippen LogP contribution in [-0.2, 0) is 6.54 Å². The Morgan fingerprint density at radius 3 is 2.55 bits per heavy atom. The molecule has 1 heterocycles. The van der Waals surface area contributed by atoms with Gasteiger partial charge in [-0.3, -0.25) is 4.98 Å². The second-order valence-electron chi connectivity index (χ2n) is 5.06. The molecular weight excluding hydrogens is 248 g/mol. The fourth-order valence-electron chi connectivity index (χ4n) is 2.36. The maximum atomic E-state index is 5.44. The number of methoxy groups -OCH3 is 1. The van der Waals surface area contributed by atoms with Gasteiger partial charge in [0.15, 0.2) is 0 Å². The van der Waals surface area contributed by atoms with Gasteiger partial charge in [-0.2, -0.15) is 0 Å². The van der Waals surface area contributed by atoms with Crippen LogP contribution in [0.4, 0.5) is 0 Å². The number of ether oxygens (including phenoxy) is 1. The Hall–Kier alpha value is -1.87. The predicted molar refractivity (Wildman–Crippen MR) is 82.0 cm³/mol. The summed E-state index contributed by atoms with van der Waals surface area (Å²) in [5.74, 6) is 0.934. The van der Waals surface area contributed by atoms with E-state index in [1.54, 1.807) is 7.11 Å². The Balaban J connectivity index is 2.08. The Bertz CT molecular complexity index is 567. The molecule has 0 unspecified atom stereocenters. The first kappa shape index (κ1) is 14.5. The van der Waals surface area contributed by atoms with Crippen molar-refractivity contribution in [1.29, 1.82) is 0 Å². The highest BCUT2D eigenvalue weighted by Gasteiger charge is 2.11. The molecule has 1 atom stereocenters. The largest absolute Gasteiger partial charge is 0.496 e. The zero-order valence-corrected chi connectivity index (χ0v) is 12.6. The van der Waals surface area contributed by atoms with Gasteiger partial charge < -0.3 is 10.1 Å². The first-order chi connectivity index (χ1) is 9.63. The minimum atomic E-state index is 0.296. The van der Waals surface area contributed by atoms with Crippen molar-refractivity contribution in [3.8, 4) is 5.75 Å². The quantitative estimate of drug-likeness (QED) is 0.902. The van der Waals surface area contributed by atoms with Crippen molar-refractivity contribution in [2.24, 2.45) is 0 Å². The van der Waals surface area contributed by atoms with Gasteiger partial charge >= 0.3 is 0 Å². The van der Waals surface area contributed by atoms with Crippen LogP contribution in [0, 0.1) is 13.8 Å². The molecule has 20 heavy (non-hydrogen) atoms. The Labute approximate surface area is 121 Å². The molecule has 0 saturated heterocycles. The highest BCUT2D eigenvalue weighted by molar-refractivity contribution is 5.41. The lowest BCUT2D eigenvalue weighted by Crippen LogP contribution is -2.19. The summed E-state index contributed by atoms with van der Waals surface area (Å²) < 4.78 is 5.44. The number of nitrogens with zero attached hydrogens (tertiary/aromatic N) is 1. The molecule has 2 aromatic rings. The minimum absolute atomic E-state index is 0.296. The number of rotatable bonds is 5. The molecule has 0 bridgehead atoms. The summed E-state index contributed by atoms with van der Waals surface area (Å²) in [4.78, 5) is 4.51. The van der Waals surface area contributed by atoms with Gasteiger partial charge in [0.25, 0.3) is 0 Å². The highest BCUT2D eigenvalue weighted by Crippen LogP contribution is 2.24. The van der Waals surface area contributed by atoms with E-state index in [9.17, 15) is 0 Å². The van der Waals surface area contributed by atoms with E-state index < -0.39 is 0 Å². The monoisotopic (exact) mass is 270 g/mol. The molecule has 0 aliphatic carbocycles.